The topological polar surface area (TPSA) is 92.7 Å². The predicted molar refractivity (Wildman–Crippen MR) is 60.3 cm³/mol. The van der Waals surface area contributed by atoms with Gasteiger partial charge in [-0.25, -0.2) is 0 Å². The van der Waals surface area contributed by atoms with Crippen molar-refractivity contribution in [2.24, 2.45) is 0 Å². The molecule has 17 heavy (non-hydrogen) atoms. The van der Waals surface area contributed by atoms with Crippen molar-refractivity contribution in [1.29, 1.82) is 0 Å². The molecular weight excluding hydrogens is 226 g/mol. The zero-order valence-electron chi connectivity index (χ0n) is 10.6. The molecule has 0 unspecified atom stereocenters. The van der Waals surface area contributed by atoms with E-state index in [-0.39, 0.29) is 12.8 Å². The molecule has 0 heterocycles. The fourth-order valence-corrected chi connectivity index (χ4v) is 0.984. The van der Waals surface area contributed by atoms with Crippen LogP contribution in [-0.2, 0) is 19.1 Å². The van der Waals surface area contributed by atoms with E-state index in [4.69, 9.17) is 9.84 Å². The van der Waals surface area contributed by atoms with Gasteiger partial charge in [0.05, 0.1) is 6.42 Å². The lowest BCUT2D eigenvalue weighted by molar-refractivity contribution is -0.155. The monoisotopic (exact) mass is 245 g/mol. The highest BCUT2D eigenvalue weighted by atomic mass is 16.6. The predicted octanol–water partition coefficient (Wildman–Crippen LogP) is 0.698. The Morgan fingerprint density at radius 2 is 1.76 bits per heavy atom. The summed E-state index contributed by atoms with van der Waals surface area (Å²) in [5.74, 6) is -2.07. The summed E-state index contributed by atoms with van der Waals surface area (Å²) in [5, 5.41) is 10.8. The van der Waals surface area contributed by atoms with Crippen molar-refractivity contribution in [1.82, 2.24) is 5.32 Å². The van der Waals surface area contributed by atoms with E-state index in [0.717, 1.165) is 0 Å². The maximum atomic E-state index is 11.3. The van der Waals surface area contributed by atoms with Crippen molar-refractivity contribution in [2.75, 3.05) is 0 Å². The third-order valence-corrected chi connectivity index (χ3v) is 1.72. The lowest BCUT2D eigenvalue weighted by Crippen LogP contribution is -2.38. The molecule has 6 heteroatoms. The highest BCUT2D eigenvalue weighted by Crippen LogP contribution is 2.09. The Hall–Kier alpha value is -1.59. The first-order valence-corrected chi connectivity index (χ1v) is 5.36. The van der Waals surface area contributed by atoms with Crippen molar-refractivity contribution in [3.05, 3.63) is 0 Å². The van der Waals surface area contributed by atoms with Crippen LogP contribution in [0.5, 0.6) is 0 Å². The lowest BCUT2D eigenvalue weighted by Gasteiger charge is -2.19. The van der Waals surface area contributed by atoms with Crippen molar-refractivity contribution in [3.63, 3.8) is 0 Å². The first kappa shape index (κ1) is 15.4. The van der Waals surface area contributed by atoms with E-state index in [2.05, 4.69) is 5.32 Å². The Morgan fingerprint density at radius 1 is 1.24 bits per heavy atom. The molecule has 0 bridgehead atoms. The smallest absolute Gasteiger partial charge is 0.325 e. The molecule has 98 valence electrons. The lowest BCUT2D eigenvalue weighted by atomic mass is 10.2. The van der Waals surface area contributed by atoms with Crippen LogP contribution >= 0.6 is 0 Å². The fourth-order valence-electron chi connectivity index (χ4n) is 0.984. The Labute approximate surface area is 100 Å². The molecule has 2 N–H and O–H groups in total. The second-order valence-electron chi connectivity index (χ2n) is 4.71. The molecule has 1 atom stereocenters. The molecule has 0 saturated heterocycles. The number of amides is 1. The van der Waals surface area contributed by atoms with E-state index in [9.17, 15) is 14.4 Å². The molecule has 0 aromatic heterocycles. The van der Waals surface area contributed by atoms with E-state index < -0.39 is 29.5 Å². The number of rotatable bonds is 5. The zero-order chi connectivity index (χ0) is 13.6. The van der Waals surface area contributed by atoms with Gasteiger partial charge in [0.15, 0.2) is 0 Å². The molecule has 0 aromatic rings. The van der Waals surface area contributed by atoms with Gasteiger partial charge < -0.3 is 15.2 Å². The highest BCUT2D eigenvalue weighted by molar-refractivity contribution is 5.85. The van der Waals surface area contributed by atoms with Crippen LogP contribution < -0.4 is 5.32 Å². The van der Waals surface area contributed by atoms with Gasteiger partial charge in [-0.2, -0.15) is 0 Å². The average Bonchev–Trinajstić information content (AvgIpc) is 2.11. The van der Waals surface area contributed by atoms with Gasteiger partial charge in [0.1, 0.15) is 11.6 Å². The summed E-state index contributed by atoms with van der Waals surface area (Å²) in [6.45, 7) is 6.56. The van der Waals surface area contributed by atoms with Crippen molar-refractivity contribution in [3.8, 4) is 0 Å². The first-order valence-electron chi connectivity index (χ1n) is 5.36. The molecule has 1 amide bonds. The Kier molecular flexibility index (Phi) is 5.64. The largest absolute Gasteiger partial charge is 0.480 e. The molecule has 0 rings (SSSR count). The molecule has 0 aromatic carbocycles. The minimum atomic E-state index is -1.12. The van der Waals surface area contributed by atoms with Crippen molar-refractivity contribution < 1.29 is 24.2 Å². The maximum absolute atomic E-state index is 11.3. The van der Waals surface area contributed by atoms with Gasteiger partial charge in [0.2, 0.25) is 5.91 Å². The molecule has 0 aliphatic heterocycles. The zero-order valence-corrected chi connectivity index (χ0v) is 10.6. The molecule has 0 radical (unpaired) electrons. The summed E-state index contributed by atoms with van der Waals surface area (Å²) in [5.41, 5.74) is -0.581. The van der Waals surface area contributed by atoms with E-state index >= 15 is 0 Å². The average molecular weight is 245 g/mol. The number of esters is 1. The Morgan fingerprint density at radius 3 is 2.18 bits per heavy atom. The van der Waals surface area contributed by atoms with Crippen molar-refractivity contribution in [2.45, 2.75) is 52.2 Å². The third-order valence-electron chi connectivity index (χ3n) is 1.72. The number of carboxylic acids is 1. The second-order valence-corrected chi connectivity index (χ2v) is 4.71. The van der Waals surface area contributed by atoms with Crippen LogP contribution in [0.2, 0.25) is 0 Å². The van der Waals surface area contributed by atoms with Crippen molar-refractivity contribution >= 4 is 17.8 Å². The van der Waals surface area contributed by atoms with E-state index in [1.165, 1.54) is 6.92 Å². The van der Waals surface area contributed by atoms with Gasteiger partial charge in [0, 0.05) is 6.42 Å². The minimum absolute atomic E-state index is 0.0601. The number of carboxylic acid groups (broad SMARTS) is 1. The van der Waals surface area contributed by atoms with Crippen LogP contribution in [0, 0.1) is 0 Å². The van der Waals surface area contributed by atoms with Gasteiger partial charge in [-0.05, 0) is 27.7 Å². The summed E-state index contributed by atoms with van der Waals surface area (Å²) >= 11 is 0. The Bertz CT molecular complexity index is 305. The molecular formula is C11H19NO5. The van der Waals surface area contributed by atoms with Gasteiger partial charge >= 0.3 is 11.9 Å². The van der Waals surface area contributed by atoms with Crippen LogP contribution in [0.25, 0.3) is 0 Å². The van der Waals surface area contributed by atoms with Gasteiger partial charge in [-0.3, -0.25) is 14.4 Å². The molecule has 6 nitrogen and oxygen atoms in total. The molecule has 0 fully saturated rings. The molecule has 0 spiro atoms. The number of nitrogens with one attached hydrogen (secondary N) is 1. The molecule has 0 aliphatic rings. The quantitative estimate of drug-likeness (QED) is 0.695. The van der Waals surface area contributed by atoms with Crippen LogP contribution in [0.15, 0.2) is 0 Å². The molecule has 0 saturated carbocycles. The van der Waals surface area contributed by atoms with E-state index in [0.29, 0.717) is 0 Å². The number of aliphatic carboxylic acids is 1. The van der Waals surface area contributed by atoms with Gasteiger partial charge in [0.25, 0.3) is 0 Å². The normalized spacial score (nSPS) is 12.7. The number of ether oxygens (including phenoxy) is 1. The summed E-state index contributed by atoms with van der Waals surface area (Å²) in [7, 11) is 0. The Balaban J connectivity index is 3.93. The van der Waals surface area contributed by atoms with E-state index in [1.807, 2.05) is 0 Å². The second kappa shape index (κ2) is 6.22. The van der Waals surface area contributed by atoms with Crippen LogP contribution in [0.4, 0.5) is 0 Å². The van der Waals surface area contributed by atoms with Crippen LogP contribution in [0.1, 0.15) is 40.5 Å². The van der Waals surface area contributed by atoms with Crippen LogP contribution in [-0.4, -0.2) is 34.6 Å². The number of carbonyl (C=O) groups excluding carboxylic acids is 2. The van der Waals surface area contributed by atoms with Crippen LogP contribution in [0.3, 0.4) is 0 Å². The summed E-state index contributed by atoms with van der Waals surface area (Å²) < 4.78 is 5.01. The summed E-state index contributed by atoms with van der Waals surface area (Å²) in [4.78, 5) is 33.0. The van der Waals surface area contributed by atoms with Gasteiger partial charge in [-0.15, -0.1) is 0 Å². The minimum Gasteiger partial charge on any atom is -0.480 e. The summed E-state index contributed by atoms with van der Waals surface area (Å²) in [6.07, 6.45) is -0.137. The standard InChI is InChI=1S/C11H19NO5/c1-7(10(15)16)12-8(13)5-6-9(14)17-11(2,3)4/h7H,5-6H2,1-4H3,(H,12,13)(H,15,16)/t7-/m0/s1. The third kappa shape index (κ3) is 8.24. The number of hydrogen-bond acceptors (Lipinski definition) is 4. The van der Waals surface area contributed by atoms with Gasteiger partial charge in [-0.1, -0.05) is 0 Å². The fraction of sp³-hybridized carbons (Fsp3) is 0.727. The number of hydrogen-bond donors (Lipinski definition) is 2. The first-order chi connectivity index (χ1) is 7.61. The summed E-state index contributed by atoms with van der Waals surface area (Å²) in [6, 6.07) is -0.957. The number of carbonyl (C=O) groups is 3. The SMILES string of the molecule is C[C@H](NC(=O)CCC(=O)OC(C)(C)C)C(=O)O. The highest BCUT2D eigenvalue weighted by Gasteiger charge is 2.18. The maximum Gasteiger partial charge on any atom is 0.325 e. The van der Waals surface area contributed by atoms with E-state index in [1.54, 1.807) is 20.8 Å². The molecule has 0 aliphatic carbocycles.